The molecule has 0 amide bonds. The van der Waals surface area contributed by atoms with Gasteiger partial charge in [0, 0.05) is 0 Å². The second kappa shape index (κ2) is 25.3. The maximum Gasteiger partial charge on any atom is 0.0811 e. The second-order valence-corrected chi connectivity index (χ2v) is 10.6. The van der Waals surface area contributed by atoms with E-state index in [2.05, 4.69) is 13.8 Å². The van der Waals surface area contributed by atoms with Crippen LogP contribution in [0.3, 0.4) is 0 Å². The van der Waals surface area contributed by atoms with Crippen LogP contribution in [-0.4, -0.2) is 23.4 Å². The molecule has 4 heteroatoms. The largest absolute Gasteiger partial charge is 1.00 e. The van der Waals surface area contributed by atoms with Crippen LogP contribution in [0.5, 0.6) is 0 Å². The summed E-state index contributed by atoms with van der Waals surface area (Å²) in [6.45, 7) is 5.50. The van der Waals surface area contributed by atoms with Crippen molar-refractivity contribution in [1.82, 2.24) is 6.15 Å². The molecule has 0 aromatic heterocycles. The van der Waals surface area contributed by atoms with E-state index >= 15 is 0 Å². The van der Waals surface area contributed by atoms with E-state index in [1.165, 1.54) is 128 Å². The summed E-state index contributed by atoms with van der Waals surface area (Å²) in [6, 6.07) is 0. The predicted molar refractivity (Wildman–Crippen MR) is 143 cm³/mol. The lowest BCUT2D eigenvalue weighted by Crippen LogP contribution is -3.00. The molecule has 0 aromatic carbocycles. The number of aliphatic hydroxyl groups is 1. The van der Waals surface area contributed by atoms with E-state index in [0.29, 0.717) is 6.10 Å². The van der Waals surface area contributed by atoms with E-state index < -0.39 is 5.60 Å². The van der Waals surface area contributed by atoms with Crippen LogP contribution in [0.4, 0.5) is 0 Å². The number of hydrogen-bond acceptors (Lipinski definition) is 2. The lowest BCUT2D eigenvalue weighted by atomic mass is 9.85. The van der Waals surface area contributed by atoms with Gasteiger partial charge in [-0.25, -0.2) is 0 Å². The van der Waals surface area contributed by atoms with Crippen molar-refractivity contribution in [2.75, 3.05) is 6.61 Å². The fourth-order valence-corrected chi connectivity index (χ4v) is 4.92. The van der Waals surface area contributed by atoms with E-state index in [1.54, 1.807) is 0 Å². The first-order chi connectivity index (χ1) is 15.2. The first kappa shape index (κ1) is 35.3. The van der Waals surface area contributed by atoms with Crippen molar-refractivity contribution < 1.29 is 22.3 Å². The van der Waals surface area contributed by atoms with Crippen molar-refractivity contribution in [2.24, 2.45) is 0 Å². The van der Waals surface area contributed by atoms with Gasteiger partial charge in [0.05, 0.1) is 18.3 Å². The molecule has 5 N–H and O–H groups in total. The van der Waals surface area contributed by atoms with Gasteiger partial charge >= 0.3 is 0 Å². The van der Waals surface area contributed by atoms with E-state index in [9.17, 15) is 5.11 Å². The molecule has 3 nitrogen and oxygen atoms in total. The summed E-state index contributed by atoms with van der Waals surface area (Å²) in [5, 5.41) is 11.3. The zero-order valence-electron chi connectivity index (χ0n) is 23.0. The molecular weight excluding hydrogens is 430 g/mol. The van der Waals surface area contributed by atoms with Crippen molar-refractivity contribution >= 4 is 0 Å². The van der Waals surface area contributed by atoms with Crippen LogP contribution in [-0.2, 0) is 4.74 Å². The minimum atomic E-state index is -0.424. The molecule has 33 heavy (non-hydrogen) atoms. The smallest absolute Gasteiger partial charge is 0.0811 e. The number of unbranched alkanes of at least 4 members (excludes halogenated alkanes) is 18. The van der Waals surface area contributed by atoms with Gasteiger partial charge in [-0.15, -0.1) is 0 Å². The molecule has 0 spiro atoms. The summed E-state index contributed by atoms with van der Waals surface area (Å²) in [5.74, 6) is 0. The SMILES string of the molecule is CCCCCCCCCCCCC(O)(CCCCCCCCCCCC)CCC1CO1.[Cl-].[NH4+]. The average Bonchev–Trinajstić information content (AvgIpc) is 3.60. The van der Waals surface area contributed by atoms with Gasteiger partial charge in [0.15, 0.2) is 0 Å². The number of quaternary nitrogens is 1. The monoisotopic (exact) mass is 491 g/mol. The van der Waals surface area contributed by atoms with Crippen molar-refractivity contribution in [3.05, 3.63) is 0 Å². The number of hydrogen-bond donors (Lipinski definition) is 2. The van der Waals surface area contributed by atoms with Gasteiger partial charge in [-0.05, 0) is 25.7 Å². The Morgan fingerprint density at radius 1 is 0.576 bits per heavy atom. The van der Waals surface area contributed by atoms with Crippen LogP contribution in [0.2, 0.25) is 0 Å². The number of halogens is 1. The Bertz CT molecular complexity index is 353. The minimum absolute atomic E-state index is 0. The Morgan fingerprint density at radius 3 is 1.18 bits per heavy atom. The Labute approximate surface area is 214 Å². The molecule has 0 saturated carbocycles. The van der Waals surface area contributed by atoms with Crippen LogP contribution >= 0.6 is 0 Å². The molecule has 1 heterocycles. The first-order valence-electron chi connectivity index (χ1n) is 14.5. The van der Waals surface area contributed by atoms with Crippen molar-refractivity contribution in [2.45, 2.75) is 180 Å². The lowest BCUT2D eigenvalue weighted by Gasteiger charge is -2.28. The normalized spacial score (nSPS) is 15.2. The van der Waals surface area contributed by atoms with Gasteiger partial charge in [-0.3, -0.25) is 0 Å². The van der Waals surface area contributed by atoms with E-state index in [4.69, 9.17) is 4.74 Å². The summed E-state index contributed by atoms with van der Waals surface area (Å²) in [5.41, 5.74) is -0.424. The van der Waals surface area contributed by atoms with Gasteiger partial charge in [-0.2, -0.15) is 0 Å². The maximum absolute atomic E-state index is 11.3. The first-order valence-corrected chi connectivity index (χ1v) is 14.5. The zero-order chi connectivity index (χ0) is 22.5. The zero-order valence-corrected chi connectivity index (χ0v) is 23.7. The third kappa shape index (κ3) is 23.7. The quantitative estimate of drug-likeness (QED) is 0.108. The summed E-state index contributed by atoms with van der Waals surface area (Å²) in [7, 11) is 0. The summed E-state index contributed by atoms with van der Waals surface area (Å²) in [4.78, 5) is 0. The highest BCUT2D eigenvalue weighted by Crippen LogP contribution is 2.31. The average molecular weight is 492 g/mol. The molecule has 1 fully saturated rings. The molecule has 1 aliphatic heterocycles. The molecule has 0 aliphatic carbocycles. The summed E-state index contributed by atoms with van der Waals surface area (Å²) >= 11 is 0. The summed E-state index contributed by atoms with van der Waals surface area (Å²) < 4.78 is 5.40. The topological polar surface area (TPSA) is 69.3 Å². The van der Waals surface area contributed by atoms with E-state index in [-0.39, 0.29) is 18.6 Å². The fraction of sp³-hybridized carbons (Fsp3) is 1.00. The van der Waals surface area contributed by atoms with Gasteiger partial charge < -0.3 is 28.4 Å². The molecule has 0 bridgehead atoms. The molecule has 1 unspecified atom stereocenters. The predicted octanol–water partition coefficient (Wildman–Crippen LogP) is 6.90. The van der Waals surface area contributed by atoms with E-state index in [0.717, 1.165) is 32.3 Å². The Kier molecular flexibility index (Phi) is 27.1. The molecular formula is C29H62ClNO2. The third-order valence-corrected chi connectivity index (χ3v) is 7.33. The standard InChI is InChI=1S/C29H58O2.ClH.H3N/c1-3-5-7-9-11-13-15-17-19-21-24-29(30,26-23-28-27-31-28)25-22-20-18-16-14-12-10-8-6-4-2;;/h28,30H,3-27H2,1-2H3;1H;1H3. The fourth-order valence-electron chi connectivity index (χ4n) is 4.92. The van der Waals surface area contributed by atoms with E-state index in [1.807, 2.05) is 0 Å². The van der Waals surface area contributed by atoms with Crippen LogP contribution < -0.4 is 18.6 Å². The van der Waals surface area contributed by atoms with Crippen LogP contribution in [0, 0.1) is 0 Å². The highest BCUT2D eigenvalue weighted by Gasteiger charge is 2.30. The van der Waals surface area contributed by atoms with Gasteiger partial charge in [-0.1, -0.05) is 142 Å². The molecule has 1 rings (SSSR count). The molecule has 202 valence electrons. The minimum Gasteiger partial charge on any atom is -1.00 e. The van der Waals surface area contributed by atoms with Crippen molar-refractivity contribution in [3.8, 4) is 0 Å². The Balaban J connectivity index is 0. The molecule has 1 atom stereocenters. The highest BCUT2D eigenvalue weighted by molar-refractivity contribution is 4.82. The van der Waals surface area contributed by atoms with Crippen molar-refractivity contribution in [3.63, 3.8) is 0 Å². The lowest BCUT2D eigenvalue weighted by molar-refractivity contribution is -0.0000688. The highest BCUT2D eigenvalue weighted by atomic mass is 35.5. The van der Waals surface area contributed by atoms with Gasteiger partial charge in [0.2, 0.25) is 0 Å². The summed E-state index contributed by atoms with van der Waals surface area (Å²) in [6.07, 6.45) is 31.8. The number of epoxide rings is 1. The van der Waals surface area contributed by atoms with Gasteiger partial charge in [0.1, 0.15) is 0 Å². The van der Waals surface area contributed by atoms with Crippen LogP contribution in [0.25, 0.3) is 0 Å². The Hall–Kier alpha value is 0.170. The molecule has 1 saturated heterocycles. The van der Waals surface area contributed by atoms with Gasteiger partial charge in [0.25, 0.3) is 0 Å². The number of ether oxygens (including phenoxy) is 1. The molecule has 0 aromatic rings. The molecule has 0 radical (unpaired) electrons. The Morgan fingerprint density at radius 2 is 0.879 bits per heavy atom. The van der Waals surface area contributed by atoms with Crippen LogP contribution in [0.15, 0.2) is 0 Å². The third-order valence-electron chi connectivity index (χ3n) is 7.33. The second-order valence-electron chi connectivity index (χ2n) is 10.6. The van der Waals surface area contributed by atoms with Crippen molar-refractivity contribution in [1.29, 1.82) is 0 Å². The molecule has 1 aliphatic rings. The number of rotatable bonds is 25. The van der Waals surface area contributed by atoms with Crippen LogP contribution in [0.1, 0.15) is 168 Å². The maximum atomic E-state index is 11.3.